The molecule has 0 aromatic heterocycles. The van der Waals surface area contributed by atoms with Crippen LogP contribution in [0.15, 0.2) is 35.5 Å². The normalized spacial score (nSPS) is 24.3. The zero-order valence-electron chi connectivity index (χ0n) is 21.0. The minimum Gasteiger partial charge on any atom is -0.497 e. The predicted octanol–water partition coefficient (Wildman–Crippen LogP) is 3.86. The Balaban J connectivity index is 1.67. The summed E-state index contributed by atoms with van der Waals surface area (Å²) in [6, 6.07) is 6.69. The molecule has 1 unspecified atom stereocenters. The van der Waals surface area contributed by atoms with Gasteiger partial charge in [-0.15, -0.1) is 0 Å². The summed E-state index contributed by atoms with van der Waals surface area (Å²) in [6.45, 7) is 1.74. The number of fused-ring (bicyclic) bond motifs is 1. The molecule has 2 aromatic carbocycles. The molecule has 1 spiro atoms. The Morgan fingerprint density at radius 2 is 1.62 bits per heavy atom. The van der Waals surface area contributed by atoms with E-state index in [4.69, 9.17) is 35.3 Å². The second-order valence-electron chi connectivity index (χ2n) is 9.21. The van der Waals surface area contributed by atoms with Crippen LogP contribution >= 0.6 is 11.6 Å². The molecule has 2 aliphatic heterocycles. The Morgan fingerprint density at radius 1 is 0.919 bits per heavy atom. The first kappa shape index (κ1) is 25.0. The van der Waals surface area contributed by atoms with Gasteiger partial charge in [0.05, 0.1) is 28.4 Å². The highest BCUT2D eigenvalue weighted by Gasteiger charge is 2.63. The van der Waals surface area contributed by atoms with Crippen molar-refractivity contribution in [3.8, 4) is 28.7 Å². The summed E-state index contributed by atoms with van der Waals surface area (Å²) in [6.07, 6.45) is 0.231. The molecule has 2 aromatic rings. The molecule has 0 saturated carbocycles. The second kappa shape index (κ2) is 8.99. The highest BCUT2D eigenvalue weighted by molar-refractivity contribution is 6.36. The molecule has 1 N–H and O–H groups in total. The van der Waals surface area contributed by atoms with Crippen molar-refractivity contribution in [2.75, 3.05) is 28.4 Å². The van der Waals surface area contributed by atoms with E-state index in [-0.39, 0.29) is 46.6 Å². The van der Waals surface area contributed by atoms with Crippen LogP contribution in [0.3, 0.4) is 0 Å². The van der Waals surface area contributed by atoms with E-state index in [1.807, 2.05) is 0 Å². The van der Waals surface area contributed by atoms with E-state index in [1.165, 1.54) is 34.5 Å². The Labute approximate surface area is 218 Å². The van der Waals surface area contributed by atoms with Crippen molar-refractivity contribution in [3.63, 3.8) is 0 Å². The number of hydrogen-bond acceptors (Lipinski definition) is 8. The van der Waals surface area contributed by atoms with Crippen LogP contribution in [0.25, 0.3) is 0 Å². The number of hydrogen-bond donors (Lipinski definition) is 1. The zero-order chi connectivity index (χ0) is 26.6. The van der Waals surface area contributed by atoms with Crippen LogP contribution in [-0.4, -0.2) is 51.5 Å². The largest absolute Gasteiger partial charge is 0.497 e. The molecule has 194 valence electrons. The van der Waals surface area contributed by atoms with Crippen LogP contribution < -0.4 is 29.0 Å². The van der Waals surface area contributed by atoms with Gasteiger partial charge in [-0.1, -0.05) is 24.6 Å². The summed E-state index contributed by atoms with van der Waals surface area (Å²) in [5.41, 5.74) is -0.362. The van der Waals surface area contributed by atoms with Gasteiger partial charge in [0.15, 0.2) is 5.75 Å². The van der Waals surface area contributed by atoms with E-state index < -0.39 is 29.0 Å². The maximum atomic E-state index is 14.4. The van der Waals surface area contributed by atoms with Crippen molar-refractivity contribution >= 4 is 29.1 Å². The Morgan fingerprint density at radius 3 is 2.27 bits per heavy atom. The number of amides is 1. The molecule has 9 nitrogen and oxygen atoms in total. The molecule has 3 atom stereocenters. The number of carbonyl (C=O) groups is 3. The average Bonchev–Trinajstić information content (AvgIpc) is 3.21. The van der Waals surface area contributed by atoms with Crippen molar-refractivity contribution in [3.05, 3.63) is 51.7 Å². The summed E-state index contributed by atoms with van der Waals surface area (Å²) in [5, 5.41) is 2.93. The van der Waals surface area contributed by atoms with Crippen molar-refractivity contribution in [2.24, 2.45) is 5.92 Å². The number of halogens is 1. The first-order chi connectivity index (χ1) is 17.7. The van der Waals surface area contributed by atoms with Crippen molar-refractivity contribution in [1.82, 2.24) is 5.32 Å². The third-order valence-electron chi connectivity index (χ3n) is 7.37. The lowest BCUT2D eigenvalue weighted by molar-refractivity contribution is -0.131. The standard InChI is InChI=1S/C27H26ClNO8/c1-12-8-16-21(15(10-20(30)29-16)14-7-6-13(33-2)9-17(14)34-3)25(31)27(12)26(32)22-18(35-4)11-19(36-5)23(28)24(22)37-27/h6-7,9,11-12,15H,8,10H2,1-5H3,(H,29,30)/t12-,15?,27+/m1/s1. The Bertz CT molecular complexity index is 1380. The van der Waals surface area contributed by atoms with E-state index in [1.54, 1.807) is 25.1 Å². The minimum atomic E-state index is -1.87. The highest BCUT2D eigenvalue weighted by atomic mass is 35.5. The number of ketones is 2. The number of nitrogens with one attached hydrogen (secondary N) is 1. The smallest absolute Gasteiger partial charge is 0.236 e. The van der Waals surface area contributed by atoms with Gasteiger partial charge < -0.3 is 29.0 Å². The van der Waals surface area contributed by atoms with Crippen LogP contribution in [0.2, 0.25) is 5.02 Å². The summed E-state index contributed by atoms with van der Waals surface area (Å²) < 4.78 is 27.9. The molecular formula is C27H26ClNO8. The molecule has 0 fully saturated rings. The number of ether oxygens (including phenoxy) is 5. The van der Waals surface area contributed by atoms with Gasteiger partial charge in [0.25, 0.3) is 0 Å². The fraction of sp³-hybridized carbons (Fsp3) is 0.370. The van der Waals surface area contributed by atoms with Crippen LogP contribution in [0.4, 0.5) is 0 Å². The van der Waals surface area contributed by atoms with Gasteiger partial charge in [-0.3, -0.25) is 14.4 Å². The van der Waals surface area contributed by atoms with E-state index in [2.05, 4.69) is 5.32 Å². The van der Waals surface area contributed by atoms with Gasteiger partial charge >= 0.3 is 0 Å². The maximum Gasteiger partial charge on any atom is 0.236 e. The fourth-order valence-electron chi connectivity index (χ4n) is 5.56. The predicted molar refractivity (Wildman–Crippen MR) is 133 cm³/mol. The fourth-order valence-corrected chi connectivity index (χ4v) is 5.83. The van der Waals surface area contributed by atoms with Gasteiger partial charge in [0.1, 0.15) is 33.6 Å². The lowest BCUT2D eigenvalue weighted by atomic mass is 9.66. The SMILES string of the molecule is COc1ccc(C2CC(=O)NC3=C2C(=O)[C@@]2(Oc4c(Cl)c(OC)cc(OC)c4C2=O)[C@H](C)C3)c(OC)c1. The van der Waals surface area contributed by atoms with Crippen LogP contribution in [0, 0.1) is 5.92 Å². The molecule has 1 amide bonds. The number of carbonyl (C=O) groups excluding carboxylic acids is 3. The van der Waals surface area contributed by atoms with Crippen molar-refractivity contribution < 1.29 is 38.1 Å². The number of methoxy groups -OCH3 is 4. The van der Waals surface area contributed by atoms with E-state index in [0.717, 1.165) is 0 Å². The monoisotopic (exact) mass is 527 g/mol. The molecule has 10 heteroatoms. The summed E-state index contributed by atoms with van der Waals surface area (Å²) in [4.78, 5) is 41.2. The molecule has 0 radical (unpaired) electrons. The van der Waals surface area contributed by atoms with E-state index in [0.29, 0.717) is 28.3 Å². The van der Waals surface area contributed by atoms with Gasteiger partial charge in [-0.05, 0) is 12.5 Å². The number of benzene rings is 2. The van der Waals surface area contributed by atoms with Crippen LogP contribution in [-0.2, 0) is 9.59 Å². The second-order valence-corrected chi connectivity index (χ2v) is 9.58. The highest BCUT2D eigenvalue weighted by Crippen LogP contribution is 2.55. The van der Waals surface area contributed by atoms with Crippen molar-refractivity contribution in [1.29, 1.82) is 0 Å². The molecule has 5 rings (SSSR count). The third kappa shape index (κ3) is 3.48. The van der Waals surface area contributed by atoms with Gasteiger partial charge in [-0.25, -0.2) is 0 Å². The first-order valence-electron chi connectivity index (χ1n) is 11.7. The lowest BCUT2D eigenvalue weighted by Crippen LogP contribution is -2.59. The first-order valence-corrected chi connectivity index (χ1v) is 12.1. The number of Topliss-reactive ketones (excluding diaryl/α,β-unsaturated/α-hetero) is 2. The van der Waals surface area contributed by atoms with Crippen LogP contribution in [0.1, 0.15) is 41.6 Å². The van der Waals surface area contributed by atoms with E-state index in [9.17, 15) is 14.4 Å². The molecule has 37 heavy (non-hydrogen) atoms. The van der Waals surface area contributed by atoms with Gasteiger partial charge in [0, 0.05) is 47.2 Å². The quantitative estimate of drug-likeness (QED) is 0.584. The summed E-state index contributed by atoms with van der Waals surface area (Å²) >= 11 is 6.53. The Kier molecular flexibility index (Phi) is 6.06. The number of rotatable bonds is 5. The minimum absolute atomic E-state index is 0.00321. The average molecular weight is 528 g/mol. The lowest BCUT2D eigenvalue weighted by Gasteiger charge is -2.41. The Hall–Kier alpha value is -3.72. The number of allylic oxidation sites excluding steroid dienone is 1. The van der Waals surface area contributed by atoms with E-state index >= 15 is 0 Å². The zero-order valence-corrected chi connectivity index (χ0v) is 21.8. The molecular weight excluding hydrogens is 502 g/mol. The molecule has 0 bridgehead atoms. The summed E-state index contributed by atoms with van der Waals surface area (Å²) in [7, 11) is 5.89. The molecule has 0 saturated heterocycles. The van der Waals surface area contributed by atoms with Crippen LogP contribution in [0.5, 0.6) is 28.7 Å². The molecule has 1 aliphatic carbocycles. The van der Waals surface area contributed by atoms with Crippen molar-refractivity contribution in [2.45, 2.75) is 31.3 Å². The summed E-state index contributed by atoms with van der Waals surface area (Å²) in [5.74, 6) is -1.03. The maximum absolute atomic E-state index is 14.4. The third-order valence-corrected chi connectivity index (χ3v) is 7.73. The van der Waals surface area contributed by atoms with Gasteiger partial charge in [0.2, 0.25) is 23.1 Å². The molecule has 3 aliphatic rings. The van der Waals surface area contributed by atoms with Gasteiger partial charge in [-0.2, -0.15) is 0 Å². The topological polar surface area (TPSA) is 109 Å². The molecule has 2 heterocycles.